The van der Waals surface area contributed by atoms with Gasteiger partial charge in [0, 0.05) is 19.3 Å². The van der Waals surface area contributed by atoms with Crippen LogP contribution in [0.4, 0.5) is 11.5 Å². The first-order valence-corrected chi connectivity index (χ1v) is 9.73. The molecule has 8 nitrogen and oxygen atoms in total. The summed E-state index contributed by atoms with van der Waals surface area (Å²) in [5, 5.41) is 5.77. The van der Waals surface area contributed by atoms with E-state index in [1.54, 1.807) is 27.0 Å². The maximum Gasteiger partial charge on any atom is 0.299 e. The van der Waals surface area contributed by atoms with E-state index < -0.39 is 5.56 Å². The number of carbonyl (C=O) groups is 1. The second-order valence-corrected chi connectivity index (χ2v) is 7.17. The summed E-state index contributed by atoms with van der Waals surface area (Å²) in [5.74, 6) is 0.199. The molecule has 156 valence electrons. The summed E-state index contributed by atoms with van der Waals surface area (Å²) < 4.78 is 1.34. The lowest BCUT2D eigenvalue weighted by Crippen LogP contribution is -2.28. The second kappa shape index (κ2) is 8.96. The minimum Gasteiger partial charge on any atom is -0.396 e. The van der Waals surface area contributed by atoms with E-state index in [2.05, 4.69) is 20.6 Å². The SMILES string of the molecule is CNC(=O)Cc1cc(N)c(-n2c(C)c(Cl)nc(NCc3ccccc3)c2=O)nc1C. The average Bonchev–Trinajstić information content (AvgIpc) is 2.73. The number of halogens is 1. The predicted molar refractivity (Wildman–Crippen MR) is 118 cm³/mol. The van der Waals surface area contributed by atoms with E-state index in [0.717, 1.165) is 5.56 Å². The van der Waals surface area contributed by atoms with Gasteiger partial charge < -0.3 is 16.4 Å². The van der Waals surface area contributed by atoms with E-state index >= 15 is 0 Å². The van der Waals surface area contributed by atoms with Crippen molar-refractivity contribution >= 4 is 29.0 Å². The molecule has 0 atom stereocenters. The Kier molecular flexibility index (Phi) is 6.37. The number of pyridine rings is 1. The number of hydrogen-bond donors (Lipinski definition) is 3. The molecule has 0 saturated carbocycles. The van der Waals surface area contributed by atoms with E-state index in [9.17, 15) is 9.59 Å². The largest absolute Gasteiger partial charge is 0.396 e. The van der Waals surface area contributed by atoms with Gasteiger partial charge in [0.2, 0.25) is 5.91 Å². The number of nitrogen functional groups attached to an aromatic ring is 1. The number of aromatic nitrogens is 3. The molecule has 3 aromatic rings. The van der Waals surface area contributed by atoms with Crippen LogP contribution in [0.15, 0.2) is 41.2 Å². The Hall–Kier alpha value is -3.39. The summed E-state index contributed by atoms with van der Waals surface area (Å²) in [4.78, 5) is 33.6. The fourth-order valence-electron chi connectivity index (χ4n) is 3.00. The van der Waals surface area contributed by atoms with Crippen molar-refractivity contribution in [3.05, 3.63) is 74.4 Å². The fourth-order valence-corrected chi connectivity index (χ4v) is 3.17. The molecule has 4 N–H and O–H groups in total. The van der Waals surface area contributed by atoms with Gasteiger partial charge in [-0.15, -0.1) is 0 Å². The third-order valence-electron chi connectivity index (χ3n) is 4.72. The van der Waals surface area contributed by atoms with E-state index in [0.29, 0.717) is 23.5 Å². The summed E-state index contributed by atoms with van der Waals surface area (Å²) in [6.45, 7) is 3.85. The van der Waals surface area contributed by atoms with Crippen LogP contribution in [-0.2, 0) is 17.8 Å². The minimum absolute atomic E-state index is 0.0998. The number of nitrogens with two attached hydrogens (primary N) is 1. The number of nitrogens with one attached hydrogen (secondary N) is 2. The van der Waals surface area contributed by atoms with Crippen LogP contribution in [0.5, 0.6) is 0 Å². The number of likely N-dealkylation sites (N-methyl/N-ethyl adjacent to an activating group) is 1. The zero-order valence-corrected chi connectivity index (χ0v) is 17.7. The standard InChI is InChI=1S/C21H23ClN6O2/c1-12-15(10-17(29)24-3)9-16(23)20(26-12)28-13(2)18(22)27-19(21(28)30)25-11-14-7-5-4-6-8-14/h4-9H,10-11,23H2,1-3H3,(H,24,29)(H,25,27). The Bertz CT molecular complexity index is 1140. The number of carbonyl (C=O) groups excluding carboxylic acids is 1. The lowest BCUT2D eigenvalue weighted by molar-refractivity contribution is -0.119. The van der Waals surface area contributed by atoms with Gasteiger partial charge in [-0.05, 0) is 31.0 Å². The van der Waals surface area contributed by atoms with Gasteiger partial charge in [-0.25, -0.2) is 9.97 Å². The van der Waals surface area contributed by atoms with Crippen molar-refractivity contribution in [2.24, 2.45) is 0 Å². The molecule has 3 rings (SSSR count). The van der Waals surface area contributed by atoms with Crippen molar-refractivity contribution in [1.82, 2.24) is 19.9 Å². The molecule has 0 unspecified atom stereocenters. The Morgan fingerprint density at radius 1 is 1.20 bits per heavy atom. The molecule has 0 saturated heterocycles. The summed E-state index contributed by atoms with van der Waals surface area (Å²) in [6, 6.07) is 11.3. The molecule has 0 aliphatic heterocycles. The molecule has 2 aromatic heterocycles. The van der Waals surface area contributed by atoms with Crippen LogP contribution in [-0.4, -0.2) is 27.5 Å². The highest BCUT2D eigenvalue weighted by Crippen LogP contribution is 2.23. The number of aryl methyl sites for hydroxylation is 1. The fraction of sp³-hybridized carbons (Fsp3) is 0.238. The summed E-state index contributed by atoms with van der Waals surface area (Å²) in [7, 11) is 1.56. The average molecular weight is 427 g/mol. The minimum atomic E-state index is -0.412. The van der Waals surface area contributed by atoms with Gasteiger partial charge >= 0.3 is 0 Å². The van der Waals surface area contributed by atoms with Gasteiger partial charge in [0.15, 0.2) is 16.8 Å². The number of anilines is 2. The predicted octanol–water partition coefficient (Wildman–Crippen LogP) is 2.38. The molecule has 0 spiro atoms. The molecule has 0 bridgehead atoms. The van der Waals surface area contributed by atoms with Crippen LogP contribution < -0.4 is 21.9 Å². The normalized spacial score (nSPS) is 10.7. The van der Waals surface area contributed by atoms with Crippen LogP contribution >= 0.6 is 11.6 Å². The van der Waals surface area contributed by atoms with Gasteiger partial charge in [0.05, 0.1) is 17.8 Å². The first-order chi connectivity index (χ1) is 14.3. The number of hydrogen-bond acceptors (Lipinski definition) is 6. The maximum atomic E-state index is 13.2. The van der Waals surface area contributed by atoms with Gasteiger partial charge in [-0.2, -0.15) is 0 Å². The van der Waals surface area contributed by atoms with Crippen molar-refractivity contribution in [2.45, 2.75) is 26.8 Å². The monoisotopic (exact) mass is 426 g/mol. The zero-order chi connectivity index (χ0) is 21.8. The molecule has 0 fully saturated rings. The van der Waals surface area contributed by atoms with Gasteiger partial charge in [0.1, 0.15) is 0 Å². The van der Waals surface area contributed by atoms with Gasteiger partial charge in [0.25, 0.3) is 5.56 Å². The first kappa shape index (κ1) is 21.3. The highest BCUT2D eigenvalue weighted by Gasteiger charge is 2.18. The summed E-state index contributed by atoms with van der Waals surface area (Å²) >= 11 is 6.30. The van der Waals surface area contributed by atoms with Crippen molar-refractivity contribution in [3.8, 4) is 5.82 Å². The molecule has 0 aliphatic carbocycles. The lowest BCUT2D eigenvalue weighted by atomic mass is 10.1. The number of benzene rings is 1. The van der Waals surface area contributed by atoms with Crippen molar-refractivity contribution < 1.29 is 4.79 Å². The molecule has 9 heteroatoms. The highest BCUT2D eigenvalue weighted by molar-refractivity contribution is 6.30. The third kappa shape index (κ3) is 4.44. The molecule has 0 radical (unpaired) electrons. The van der Waals surface area contributed by atoms with Crippen LogP contribution in [0.3, 0.4) is 0 Å². The summed E-state index contributed by atoms with van der Waals surface area (Å²) in [6.07, 6.45) is 0.147. The van der Waals surface area contributed by atoms with E-state index in [-0.39, 0.29) is 34.8 Å². The number of rotatable bonds is 6. The Balaban J connectivity index is 2.03. The maximum absolute atomic E-state index is 13.2. The lowest BCUT2D eigenvalue weighted by Gasteiger charge is -2.16. The number of nitrogens with zero attached hydrogens (tertiary/aromatic N) is 3. The summed E-state index contributed by atoms with van der Waals surface area (Å²) in [5.41, 5.74) is 8.76. The molecular weight excluding hydrogens is 404 g/mol. The van der Waals surface area contributed by atoms with Crippen LogP contribution in [0, 0.1) is 13.8 Å². The third-order valence-corrected chi connectivity index (χ3v) is 5.08. The number of amides is 1. The molecule has 30 heavy (non-hydrogen) atoms. The second-order valence-electron chi connectivity index (χ2n) is 6.81. The smallest absolute Gasteiger partial charge is 0.299 e. The molecule has 0 aliphatic rings. The van der Waals surface area contributed by atoms with Gasteiger partial charge in [-0.1, -0.05) is 41.9 Å². The first-order valence-electron chi connectivity index (χ1n) is 9.35. The Morgan fingerprint density at radius 2 is 1.90 bits per heavy atom. The Labute approximate surface area is 179 Å². The molecule has 1 amide bonds. The van der Waals surface area contributed by atoms with Crippen molar-refractivity contribution in [2.75, 3.05) is 18.1 Å². The molecule has 2 heterocycles. The zero-order valence-electron chi connectivity index (χ0n) is 17.0. The molecule has 1 aromatic carbocycles. The van der Waals surface area contributed by atoms with Crippen molar-refractivity contribution in [3.63, 3.8) is 0 Å². The Morgan fingerprint density at radius 3 is 2.57 bits per heavy atom. The quantitative estimate of drug-likeness (QED) is 0.557. The van der Waals surface area contributed by atoms with Crippen LogP contribution in [0.1, 0.15) is 22.5 Å². The topological polar surface area (TPSA) is 115 Å². The highest BCUT2D eigenvalue weighted by atomic mass is 35.5. The van der Waals surface area contributed by atoms with Crippen LogP contribution in [0.2, 0.25) is 5.15 Å². The van der Waals surface area contributed by atoms with E-state index in [4.69, 9.17) is 17.3 Å². The van der Waals surface area contributed by atoms with Gasteiger partial charge in [-0.3, -0.25) is 14.2 Å². The van der Waals surface area contributed by atoms with E-state index in [1.165, 1.54) is 4.57 Å². The molecular formula is C21H23ClN6O2. The van der Waals surface area contributed by atoms with Crippen LogP contribution in [0.25, 0.3) is 5.82 Å². The van der Waals surface area contributed by atoms with E-state index in [1.807, 2.05) is 30.3 Å². The van der Waals surface area contributed by atoms with Crippen molar-refractivity contribution in [1.29, 1.82) is 0 Å².